The number of aliphatic hydroxyl groups excluding tert-OH is 1. The third-order valence-corrected chi connectivity index (χ3v) is 4.28. The molecule has 116 valence electrons. The first-order chi connectivity index (χ1) is 10.7. The topological polar surface area (TPSA) is 64.2 Å². The Morgan fingerprint density at radius 1 is 1.32 bits per heavy atom. The number of aromatic nitrogens is 2. The minimum atomic E-state index is 0.00504. The van der Waals surface area contributed by atoms with Crippen LogP contribution in [0.4, 0.5) is 0 Å². The van der Waals surface area contributed by atoms with Gasteiger partial charge in [-0.1, -0.05) is 6.07 Å². The van der Waals surface area contributed by atoms with Crippen LogP contribution in [0, 0.1) is 6.92 Å². The van der Waals surface area contributed by atoms with Gasteiger partial charge in [0.05, 0.1) is 17.8 Å². The van der Waals surface area contributed by atoms with Crippen molar-refractivity contribution in [1.82, 2.24) is 20.2 Å². The number of aliphatic hydroxyl groups is 1. The Hall–Kier alpha value is -1.92. The molecule has 2 atom stereocenters. The van der Waals surface area contributed by atoms with Gasteiger partial charge >= 0.3 is 0 Å². The lowest BCUT2D eigenvalue weighted by Gasteiger charge is -2.26. The molecular formula is C16H20N4OS. The Morgan fingerprint density at radius 3 is 2.82 bits per heavy atom. The fraction of sp³-hybridized carbons (Fsp3) is 0.375. The van der Waals surface area contributed by atoms with Gasteiger partial charge in [-0.15, -0.1) is 0 Å². The summed E-state index contributed by atoms with van der Waals surface area (Å²) in [5, 5.41) is 13.2. The fourth-order valence-corrected chi connectivity index (χ4v) is 3.26. The summed E-state index contributed by atoms with van der Waals surface area (Å²) in [6.07, 6.45) is 2.49. The number of aromatic amines is 1. The summed E-state index contributed by atoms with van der Waals surface area (Å²) in [5.74, 6) is 0. The Labute approximate surface area is 135 Å². The molecule has 1 saturated heterocycles. The first kappa shape index (κ1) is 15.0. The molecule has 3 heterocycles. The number of aryl methyl sites for hydroxylation is 1. The van der Waals surface area contributed by atoms with Crippen LogP contribution in [-0.2, 0) is 0 Å². The summed E-state index contributed by atoms with van der Waals surface area (Å²) in [6.45, 7) is 2.91. The van der Waals surface area contributed by atoms with Crippen LogP contribution in [0.1, 0.15) is 35.6 Å². The van der Waals surface area contributed by atoms with Crippen LogP contribution in [0.2, 0.25) is 0 Å². The number of hydrogen-bond donors (Lipinski definition) is 3. The van der Waals surface area contributed by atoms with Crippen molar-refractivity contribution in [2.75, 3.05) is 13.2 Å². The van der Waals surface area contributed by atoms with Gasteiger partial charge in [0, 0.05) is 30.7 Å². The van der Waals surface area contributed by atoms with Crippen molar-refractivity contribution in [1.29, 1.82) is 0 Å². The lowest BCUT2D eigenvalue weighted by molar-refractivity contribution is 0.246. The minimum absolute atomic E-state index is 0.00504. The van der Waals surface area contributed by atoms with Crippen molar-refractivity contribution < 1.29 is 5.11 Å². The second-order valence-corrected chi connectivity index (χ2v) is 5.88. The number of nitrogens with one attached hydrogen (secondary N) is 2. The molecule has 6 heteroatoms. The van der Waals surface area contributed by atoms with E-state index in [1.807, 2.05) is 25.1 Å². The molecule has 22 heavy (non-hydrogen) atoms. The van der Waals surface area contributed by atoms with E-state index >= 15 is 0 Å². The lowest BCUT2D eigenvalue weighted by Crippen LogP contribution is -2.31. The summed E-state index contributed by atoms with van der Waals surface area (Å²) in [7, 11) is 0. The number of rotatable bonds is 5. The van der Waals surface area contributed by atoms with Crippen molar-refractivity contribution >= 4 is 17.3 Å². The van der Waals surface area contributed by atoms with E-state index in [0.717, 1.165) is 17.1 Å². The van der Waals surface area contributed by atoms with E-state index in [0.29, 0.717) is 18.1 Å². The number of nitrogens with zero attached hydrogens (tertiary/aromatic N) is 2. The molecule has 0 amide bonds. The molecule has 0 radical (unpaired) electrons. The van der Waals surface area contributed by atoms with Gasteiger partial charge < -0.3 is 20.3 Å². The van der Waals surface area contributed by atoms with Gasteiger partial charge in [0.1, 0.15) is 0 Å². The minimum Gasteiger partial charge on any atom is -0.396 e. The fourth-order valence-electron chi connectivity index (χ4n) is 2.92. The molecular weight excluding hydrogens is 296 g/mol. The van der Waals surface area contributed by atoms with Crippen molar-refractivity contribution in [2.24, 2.45) is 0 Å². The molecule has 5 nitrogen and oxygen atoms in total. The normalized spacial score (nSPS) is 21.2. The van der Waals surface area contributed by atoms with Crippen molar-refractivity contribution in [3.8, 4) is 0 Å². The highest BCUT2D eigenvalue weighted by Gasteiger charge is 2.39. The zero-order valence-corrected chi connectivity index (χ0v) is 13.3. The highest BCUT2D eigenvalue weighted by Crippen LogP contribution is 2.37. The second kappa shape index (κ2) is 6.46. The number of hydrogen-bond acceptors (Lipinski definition) is 3. The second-order valence-electron chi connectivity index (χ2n) is 5.49. The molecule has 3 N–H and O–H groups in total. The van der Waals surface area contributed by atoms with Gasteiger partial charge in [-0.2, -0.15) is 0 Å². The number of thiocarbonyl (C=S) groups is 1. The maximum absolute atomic E-state index is 9.15. The lowest BCUT2D eigenvalue weighted by atomic mass is 10.0. The van der Waals surface area contributed by atoms with Crippen LogP contribution in [0.25, 0.3) is 0 Å². The molecule has 0 bridgehead atoms. The molecule has 0 spiro atoms. The van der Waals surface area contributed by atoms with Crippen molar-refractivity contribution in [3.05, 3.63) is 53.6 Å². The zero-order valence-electron chi connectivity index (χ0n) is 12.5. The summed E-state index contributed by atoms with van der Waals surface area (Å²) in [4.78, 5) is 10.0. The highest BCUT2D eigenvalue weighted by atomic mass is 32.1. The van der Waals surface area contributed by atoms with E-state index in [1.165, 1.54) is 0 Å². The SMILES string of the molecule is Cc1ccc([C@H]2[C@@H](c3ccccn3)NC(=S)N2CCCO)[nH]1. The first-order valence-electron chi connectivity index (χ1n) is 7.45. The Kier molecular flexibility index (Phi) is 4.40. The molecule has 0 unspecified atom stereocenters. The van der Waals surface area contributed by atoms with Gasteiger partial charge in [0.2, 0.25) is 0 Å². The molecule has 1 fully saturated rings. The molecule has 1 aliphatic rings. The smallest absolute Gasteiger partial charge is 0.170 e. The quantitative estimate of drug-likeness (QED) is 0.737. The van der Waals surface area contributed by atoms with E-state index in [1.54, 1.807) is 6.20 Å². The van der Waals surface area contributed by atoms with Gasteiger partial charge in [-0.25, -0.2) is 0 Å². The van der Waals surface area contributed by atoms with Crippen LogP contribution < -0.4 is 5.32 Å². The van der Waals surface area contributed by atoms with Gasteiger partial charge in [0.25, 0.3) is 0 Å². The van der Waals surface area contributed by atoms with E-state index in [9.17, 15) is 0 Å². The van der Waals surface area contributed by atoms with Crippen LogP contribution in [0.15, 0.2) is 36.5 Å². The van der Waals surface area contributed by atoms with Crippen LogP contribution >= 0.6 is 12.2 Å². The largest absolute Gasteiger partial charge is 0.396 e. The number of pyridine rings is 1. The average Bonchev–Trinajstić information content (AvgIpc) is 3.09. The van der Waals surface area contributed by atoms with Crippen molar-refractivity contribution in [3.63, 3.8) is 0 Å². The standard InChI is InChI=1S/C16H20N4OS/c1-11-6-7-13(18-11)15-14(12-5-2-3-8-17-12)19-16(22)20(15)9-4-10-21/h2-3,5-8,14-15,18,21H,4,9-10H2,1H3,(H,19,22)/t14-,15+/m1/s1. The first-order valence-corrected chi connectivity index (χ1v) is 7.86. The van der Waals surface area contributed by atoms with E-state index in [-0.39, 0.29) is 18.7 Å². The summed E-state index contributed by atoms with van der Waals surface area (Å²) in [5.41, 5.74) is 3.20. The highest BCUT2D eigenvalue weighted by molar-refractivity contribution is 7.80. The third kappa shape index (κ3) is 2.84. The number of H-pyrrole nitrogens is 1. The predicted octanol–water partition coefficient (Wildman–Crippen LogP) is 2.07. The zero-order chi connectivity index (χ0) is 15.5. The molecule has 1 aliphatic heterocycles. The van der Waals surface area contributed by atoms with Gasteiger partial charge in [-0.3, -0.25) is 4.98 Å². The molecule has 0 aliphatic carbocycles. The summed E-state index contributed by atoms with van der Waals surface area (Å²) >= 11 is 5.51. The Balaban J connectivity index is 1.96. The van der Waals surface area contributed by atoms with Crippen molar-refractivity contribution in [2.45, 2.75) is 25.4 Å². The monoisotopic (exact) mass is 316 g/mol. The Bertz CT molecular complexity index is 643. The van der Waals surface area contributed by atoms with Crippen LogP contribution in [0.5, 0.6) is 0 Å². The van der Waals surface area contributed by atoms with E-state index in [2.05, 4.69) is 32.3 Å². The maximum Gasteiger partial charge on any atom is 0.170 e. The van der Waals surface area contributed by atoms with E-state index in [4.69, 9.17) is 17.3 Å². The van der Waals surface area contributed by atoms with E-state index < -0.39 is 0 Å². The predicted molar refractivity (Wildman–Crippen MR) is 89.4 cm³/mol. The molecule has 3 rings (SSSR count). The summed E-state index contributed by atoms with van der Waals surface area (Å²) in [6, 6.07) is 10.1. The summed E-state index contributed by atoms with van der Waals surface area (Å²) < 4.78 is 0. The van der Waals surface area contributed by atoms with Crippen LogP contribution in [-0.4, -0.2) is 38.2 Å². The molecule has 0 aromatic carbocycles. The maximum atomic E-state index is 9.15. The molecule has 2 aromatic heterocycles. The molecule has 2 aromatic rings. The molecule has 0 saturated carbocycles. The van der Waals surface area contributed by atoms with Gasteiger partial charge in [-0.05, 0) is 49.8 Å². The van der Waals surface area contributed by atoms with Crippen LogP contribution in [0.3, 0.4) is 0 Å². The Morgan fingerprint density at radius 2 is 2.18 bits per heavy atom. The van der Waals surface area contributed by atoms with Gasteiger partial charge in [0.15, 0.2) is 5.11 Å². The average molecular weight is 316 g/mol. The third-order valence-electron chi connectivity index (χ3n) is 3.93.